The molecule has 2 heterocycles. The third kappa shape index (κ3) is 2.02. The largest absolute Gasteiger partial charge is 0.310 e. The first-order valence-corrected chi connectivity index (χ1v) is 6.62. The summed E-state index contributed by atoms with van der Waals surface area (Å²) in [6.45, 7) is 1.97. The maximum absolute atomic E-state index is 11.8. The van der Waals surface area contributed by atoms with Crippen LogP contribution in [0.3, 0.4) is 0 Å². The van der Waals surface area contributed by atoms with Crippen molar-refractivity contribution in [3.05, 3.63) is 43.5 Å². The molecule has 0 amide bonds. The van der Waals surface area contributed by atoms with E-state index in [9.17, 15) is 4.79 Å². The van der Waals surface area contributed by atoms with E-state index < -0.39 is 0 Å². The lowest BCUT2D eigenvalue weighted by Crippen LogP contribution is -2.17. The summed E-state index contributed by atoms with van der Waals surface area (Å²) in [4.78, 5) is 23.6. The number of nitrogens with zero attached hydrogens (tertiary/aromatic N) is 2. The van der Waals surface area contributed by atoms with E-state index in [4.69, 9.17) is 0 Å². The summed E-state index contributed by atoms with van der Waals surface area (Å²) in [5.74, 6) is 0.741. The molecular formula is C12H13N3OS. The highest BCUT2D eigenvalue weighted by Gasteiger charge is 2.17. The quantitative estimate of drug-likeness (QED) is 0.877. The molecule has 5 heteroatoms. The molecule has 0 saturated heterocycles. The second-order valence-corrected chi connectivity index (χ2v) is 5.29. The van der Waals surface area contributed by atoms with Crippen molar-refractivity contribution in [3.8, 4) is 0 Å². The van der Waals surface area contributed by atoms with Gasteiger partial charge in [-0.1, -0.05) is 0 Å². The number of nitrogens with one attached hydrogen (secondary N) is 1. The third-order valence-corrected chi connectivity index (χ3v) is 3.94. The monoisotopic (exact) mass is 247 g/mol. The van der Waals surface area contributed by atoms with E-state index in [-0.39, 0.29) is 5.56 Å². The lowest BCUT2D eigenvalue weighted by atomic mass is 10.2. The standard InChI is InChI=1S/C12H13N3OS/c1-7-6-17-11(13-7)5-10-14-9-4-2-3-8(9)12(16)15-10/h6H,2-5H2,1H3,(H,14,15,16). The van der Waals surface area contributed by atoms with E-state index in [1.165, 1.54) is 0 Å². The van der Waals surface area contributed by atoms with Crippen molar-refractivity contribution in [3.63, 3.8) is 0 Å². The second-order valence-electron chi connectivity index (χ2n) is 4.35. The summed E-state index contributed by atoms with van der Waals surface area (Å²) in [6.07, 6.45) is 3.48. The third-order valence-electron chi connectivity index (χ3n) is 2.98. The van der Waals surface area contributed by atoms with Crippen LogP contribution in [0.15, 0.2) is 10.2 Å². The molecule has 17 heavy (non-hydrogen) atoms. The molecule has 0 bridgehead atoms. The summed E-state index contributed by atoms with van der Waals surface area (Å²) >= 11 is 1.61. The fourth-order valence-electron chi connectivity index (χ4n) is 2.20. The summed E-state index contributed by atoms with van der Waals surface area (Å²) in [7, 11) is 0. The summed E-state index contributed by atoms with van der Waals surface area (Å²) < 4.78 is 0. The van der Waals surface area contributed by atoms with Crippen molar-refractivity contribution in [1.82, 2.24) is 15.0 Å². The number of H-pyrrole nitrogens is 1. The van der Waals surface area contributed by atoms with Crippen LogP contribution in [0.5, 0.6) is 0 Å². The Bertz CT molecular complexity index is 614. The number of aryl methyl sites for hydroxylation is 2. The van der Waals surface area contributed by atoms with E-state index in [0.717, 1.165) is 47.0 Å². The maximum Gasteiger partial charge on any atom is 0.254 e. The second kappa shape index (κ2) is 4.07. The van der Waals surface area contributed by atoms with Crippen LogP contribution in [0.1, 0.15) is 34.2 Å². The number of hydrogen-bond donors (Lipinski definition) is 1. The van der Waals surface area contributed by atoms with Gasteiger partial charge in [-0.05, 0) is 26.2 Å². The molecule has 0 atom stereocenters. The highest BCUT2D eigenvalue weighted by Crippen LogP contribution is 2.17. The minimum atomic E-state index is 0.0378. The zero-order chi connectivity index (χ0) is 11.8. The molecule has 0 saturated carbocycles. The van der Waals surface area contributed by atoms with Crippen molar-refractivity contribution in [2.45, 2.75) is 32.6 Å². The molecule has 2 aromatic rings. The van der Waals surface area contributed by atoms with Crippen LogP contribution < -0.4 is 5.56 Å². The van der Waals surface area contributed by atoms with Gasteiger partial charge in [0.25, 0.3) is 5.56 Å². The molecule has 88 valence electrons. The van der Waals surface area contributed by atoms with E-state index in [2.05, 4.69) is 15.0 Å². The number of hydrogen-bond acceptors (Lipinski definition) is 4. The van der Waals surface area contributed by atoms with Gasteiger partial charge in [-0.3, -0.25) is 4.79 Å². The van der Waals surface area contributed by atoms with E-state index in [0.29, 0.717) is 6.42 Å². The molecule has 3 rings (SSSR count). The normalized spacial score (nSPS) is 13.9. The Morgan fingerprint density at radius 3 is 3.06 bits per heavy atom. The fourth-order valence-corrected chi connectivity index (χ4v) is 2.98. The molecule has 1 N–H and O–H groups in total. The van der Waals surface area contributed by atoms with Gasteiger partial charge in [0, 0.05) is 16.6 Å². The number of aromatic nitrogens is 3. The highest BCUT2D eigenvalue weighted by atomic mass is 32.1. The van der Waals surface area contributed by atoms with Crippen molar-refractivity contribution >= 4 is 11.3 Å². The zero-order valence-electron chi connectivity index (χ0n) is 9.62. The highest BCUT2D eigenvalue weighted by molar-refractivity contribution is 7.09. The molecule has 1 aliphatic rings. The Morgan fingerprint density at radius 2 is 2.29 bits per heavy atom. The number of fused-ring (bicyclic) bond motifs is 1. The predicted octanol–water partition coefficient (Wildman–Crippen LogP) is 1.61. The van der Waals surface area contributed by atoms with Crippen LogP contribution in [0.4, 0.5) is 0 Å². The van der Waals surface area contributed by atoms with Gasteiger partial charge < -0.3 is 4.98 Å². The zero-order valence-corrected chi connectivity index (χ0v) is 10.4. The lowest BCUT2D eigenvalue weighted by molar-refractivity contribution is 0.879. The molecule has 0 aromatic carbocycles. The molecule has 2 aromatic heterocycles. The van der Waals surface area contributed by atoms with Crippen LogP contribution in [0.25, 0.3) is 0 Å². The first kappa shape index (κ1) is 10.7. The fraction of sp³-hybridized carbons (Fsp3) is 0.417. The minimum absolute atomic E-state index is 0.0378. The Balaban J connectivity index is 1.94. The molecule has 0 fully saturated rings. The minimum Gasteiger partial charge on any atom is -0.310 e. The van der Waals surface area contributed by atoms with Crippen molar-refractivity contribution < 1.29 is 0 Å². The van der Waals surface area contributed by atoms with Crippen LogP contribution in [0.2, 0.25) is 0 Å². The summed E-state index contributed by atoms with van der Waals surface area (Å²) in [5, 5.41) is 3.02. The predicted molar refractivity (Wildman–Crippen MR) is 66.5 cm³/mol. The molecule has 1 aliphatic carbocycles. The van der Waals surface area contributed by atoms with E-state index >= 15 is 0 Å². The van der Waals surface area contributed by atoms with Crippen LogP contribution in [-0.2, 0) is 19.3 Å². The molecule has 0 aliphatic heterocycles. The lowest BCUT2D eigenvalue weighted by Gasteiger charge is -2.01. The average Bonchev–Trinajstić information content (AvgIpc) is 2.87. The van der Waals surface area contributed by atoms with Gasteiger partial charge in [0.15, 0.2) is 0 Å². The van der Waals surface area contributed by atoms with Crippen molar-refractivity contribution in [2.75, 3.05) is 0 Å². The average molecular weight is 247 g/mol. The SMILES string of the molecule is Cc1csc(Cc2nc3c(c(=O)[nH]2)CCC3)n1. The molecular weight excluding hydrogens is 234 g/mol. The van der Waals surface area contributed by atoms with Crippen molar-refractivity contribution in [1.29, 1.82) is 0 Å². The summed E-state index contributed by atoms with van der Waals surface area (Å²) in [5.41, 5.74) is 2.92. The Kier molecular flexibility index (Phi) is 2.55. The maximum atomic E-state index is 11.8. The summed E-state index contributed by atoms with van der Waals surface area (Å²) in [6, 6.07) is 0. The van der Waals surface area contributed by atoms with Crippen molar-refractivity contribution in [2.24, 2.45) is 0 Å². The first-order valence-electron chi connectivity index (χ1n) is 5.74. The smallest absolute Gasteiger partial charge is 0.254 e. The van der Waals surface area contributed by atoms with Gasteiger partial charge >= 0.3 is 0 Å². The van der Waals surface area contributed by atoms with Gasteiger partial charge in [0.1, 0.15) is 10.8 Å². The van der Waals surface area contributed by atoms with Gasteiger partial charge in [0.05, 0.1) is 12.1 Å². The van der Waals surface area contributed by atoms with Crippen LogP contribution >= 0.6 is 11.3 Å². The molecule has 0 radical (unpaired) electrons. The Hall–Kier alpha value is -1.49. The topological polar surface area (TPSA) is 58.6 Å². The molecule has 0 unspecified atom stereocenters. The molecule has 4 nitrogen and oxygen atoms in total. The van der Waals surface area contributed by atoms with Gasteiger partial charge in [-0.2, -0.15) is 0 Å². The Labute approximate surface area is 103 Å². The number of rotatable bonds is 2. The van der Waals surface area contributed by atoms with Gasteiger partial charge in [-0.25, -0.2) is 9.97 Å². The van der Waals surface area contributed by atoms with Gasteiger partial charge in [-0.15, -0.1) is 11.3 Å². The number of thiazole rings is 1. The van der Waals surface area contributed by atoms with Gasteiger partial charge in [0.2, 0.25) is 0 Å². The number of aromatic amines is 1. The van der Waals surface area contributed by atoms with E-state index in [1.54, 1.807) is 11.3 Å². The first-order chi connectivity index (χ1) is 8.22. The van der Waals surface area contributed by atoms with Crippen LogP contribution in [-0.4, -0.2) is 15.0 Å². The van der Waals surface area contributed by atoms with Crippen LogP contribution in [0, 0.1) is 6.92 Å². The Morgan fingerprint density at radius 1 is 1.41 bits per heavy atom. The molecule has 0 spiro atoms. The van der Waals surface area contributed by atoms with E-state index in [1.807, 2.05) is 12.3 Å².